The van der Waals surface area contributed by atoms with Gasteiger partial charge in [0.1, 0.15) is 0 Å². The predicted molar refractivity (Wildman–Crippen MR) is 70.6 cm³/mol. The maximum Gasteiger partial charge on any atom is 0.337 e. The molecular weight excluding hydrogens is 264 g/mol. The zero-order chi connectivity index (χ0) is 14.9. The number of aromatic carboxylic acids is 1. The van der Waals surface area contributed by atoms with Crippen LogP contribution in [0.5, 0.6) is 0 Å². The molecule has 0 saturated carbocycles. The molecule has 0 aromatic heterocycles. The molecule has 5 N–H and O–H groups in total. The third kappa shape index (κ3) is 2.44. The Hall–Kier alpha value is -2.90. The molecule has 0 bridgehead atoms. The lowest BCUT2D eigenvalue weighted by Crippen LogP contribution is -2.30. The molecule has 2 rings (SSSR count). The number of amides is 2. The SMILES string of the molecule is NC(N)=Nc1ccc(C(=O)O)c(N2C(=O)CCC2=O)c1. The average Bonchev–Trinajstić information content (AvgIpc) is 2.67. The lowest BCUT2D eigenvalue weighted by Gasteiger charge is -2.16. The number of benzene rings is 1. The van der Waals surface area contributed by atoms with Gasteiger partial charge in [-0.15, -0.1) is 0 Å². The summed E-state index contributed by atoms with van der Waals surface area (Å²) in [5.74, 6) is -2.35. The second-order valence-electron chi connectivity index (χ2n) is 4.17. The summed E-state index contributed by atoms with van der Waals surface area (Å²) < 4.78 is 0. The van der Waals surface area contributed by atoms with E-state index in [0.717, 1.165) is 4.90 Å². The molecule has 0 aliphatic carbocycles. The summed E-state index contributed by atoms with van der Waals surface area (Å²) in [4.78, 5) is 39.3. The van der Waals surface area contributed by atoms with Gasteiger partial charge in [0.15, 0.2) is 5.96 Å². The number of hydrogen-bond acceptors (Lipinski definition) is 4. The molecule has 1 aliphatic rings. The highest BCUT2D eigenvalue weighted by atomic mass is 16.4. The molecule has 2 amide bonds. The Morgan fingerprint density at radius 1 is 1.20 bits per heavy atom. The third-order valence-electron chi connectivity index (χ3n) is 2.76. The van der Waals surface area contributed by atoms with Gasteiger partial charge in [-0.25, -0.2) is 14.7 Å². The number of nitrogens with two attached hydrogens (primary N) is 2. The molecule has 0 radical (unpaired) electrons. The van der Waals surface area contributed by atoms with Gasteiger partial charge in [0.05, 0.1) is 16.9 Å². The molecular formula is C12H12N4O4. The second kappa shape index (κ2) is 5.00. The molecule has 8 nitrogen and oxygen atoms in total. The number of carboxylic acid groups (broad SMARTS) is 1. The van der Waals surface area contributed by atoms with Crippen LogP contribution in [0.4, 0.5) is 11.4 Å². The molecule has 1 aliphatic heterocycles. The summed E-state index contributed by atoms with van der Waals surface area (Å²) in [7, 11) is 0. The smallest absolute Gasteiger partial charge is 0.337 e. The fourth-order valence-electron chi connectivity index (χ4n) is 1.95. The lowest BCUT2D eigenvalue weighted by atomic mass is 10.1. The molecule has 8 heteroatoms. The van der Waals surface area contributed by atoms with Crippen LogP contribution in [0, 0.1) is 0 Å². The Morgan fingerprint density at radius 2 is 1.80 bits per heavy atom. The largest absolute Gasteiger partial charge is 0.478 e. The summed E-state index contributed by atoms with van der Waals surface area (Å²) >= 11 is 0. The minimum atomic E-state index is -1.25. The van der Waals surface area contributed by atoms with Crippen LogP contribution in [0.3, 0.4) is 0 Å². The summed E-state index contributed by atoms with van der Waals surface area (Å²) in [6, 6.07) is 3.93. The minimum absolute atomic E-state index is 0.0208. The van der Waals surface area contributed by atoms with E-state index in [4.69, 9.17) is 16.6 Å². The number of guanidine groups is 1. The van der Waals surface area contributed by atoms with E-state index in [2.05, 4.69) is 4.99 Å². The highest BCUT2D eigenvalue weighted by Gasteiger charge is 2.33. The number of anilines is 1. The van der Waals surface area contributed by atoms with Gasteiger partial charge < -0.3 is 16.6 Å². The minimum Gasteiger partial charge on any atom is -0.478 e. The van der Waals surface area contributed by atoms with Gasteiger partial charge >= 0.3 is 5.97 Å². The zero-order valence-corrected chi connectivity index (χ0v) is 10.4. The van der Waals surface area contributed by atoms with Gasteiger partial charge in [0.25, 0.3) is 0 Å². The standard InChI is InChI=1S/C12H12N4O4/c13-12(14)15-6-1-2-7(11(19)20)8(5-6)16-9(17)3-4-10(16)18/h1-2,5H,3-4H2,(H,19,20)(H4,13,14,15). The monoisotopic (exact) mass is 276 g/mol. The molecule has 1 aromatic carbocycles. The van der Waals surface area contributed by atoms with Gasteiger partial charge in [-0.2, -0.15) is 0 Å². The van der Waals surface area contributed by atoms with Gasteiger partial charge in [-0.3, -0.25) is 9.59 Å². The molecule has 1 saturated heterocycles. The maximum absolute atomic E-state index is 11.7. The first-order valence-corrected chi connectivity index (χ1v) is 5.73. The Kier molecular flexibility index (Phi) is 3.38. The van der Waals surface area contributed by atoms with Crippen LogP contribution in [0.2, 0.25) is 0 Å². The summed E-state index contributed by atoms with van der Waals surface area (Å²) in [6.07, 6.45) is 0.120. The predicted octanol–water partition coefficient (Wildman–Crippen LogP) is -0.0569. The average molecular weight is 276 g/mol. The summed E-state index contributed by atoms with van der Waals surface area (Å²) in [5, 5.41) is 9.14. The van der Waals surface area contributed by atoms with Crippen molar-refractivity contribution < 1.29 is 19.5 Å². The van der Waals surface area contributed by atoms with Gasteiger partial charge in [-0.1, -0.05) is 0 Å². The maximum atomic E-state index is 11.7. The molecule has 1 heterocycles. The van der Waals surface area contributed by atoms with Crippen LogP contribution in [0.25, 0.3) is 0 Å². The number of aliphatic imine (C=N–C) groups is 1. The number of imide groups is 1. The van der Waals surface area contributed by atoms with Crippen LogP contribution in [-0.2, 0) is 9.59 Å². The second-order valence-corrected chi connectivity index (χ2v) is 4.17. The van der Waals surface area contributed by atoms with Gasteiger partial charge in [0.2, 0.25) is 11.8 Å². The molecule has 0 atom stereocenters. The topological polar surface area (TPSA) is 139 Å². The number of carbonyl (C=O) groups excluding carboxylic acids is 2. The highest BCUT2D eigenvalue weighted by molar-refractivity contribution is 6.22. The first-order valence-electron chi connectivity index (χ1n) is 5.73. The number of hydrogen-bond donors (Lipinski definition) is 3. The zero-order valence-electron chi connectivity index (χ0n) is 10.4. The summed E-state index contributed by atoms with van der Waals surface area (Å²) in [5.41, 5.74) is 10.6. The Labute approximate surface area is 113 Å². The number of carboxylic acids is 1. The Balaban J connectivity index is 2.58. The van der Waals surface area contributed by atoms with Crippen molar-refractivity contribution in [1.82, 2.24) is 0 Å². The van der Waals surface area contributed by atoms with Crippen molar-refractivity contribution in [3.8, 4) is 0 Å². The molecule has 20 heavy (non-hydrogen) atoms. The van der Waals surface area contributed by atoms with Crippen molar-refractivity contribution in [2.45, 2.75) is 12.8 Å². The Morgan fingerprint density at radius 3 is 2.30 bits per heavy atom. The molecule has 1 fully saturated rings. The van der Waals surface area contributed by atoms with Gasteiger partial charge in [0, 0.05) is 12.8 Å². The van der Waals surface area contributed by atoms with Crippen molar-refractivity contribution in [3.63, 3.8) is 0 Å². The van der Waals surface area contributed by atoms with E-state index in [1.807, 2.05) is 0 Å². The van der Waals surface area contributed by atoms with E-state index in [0.29, 0.717) is 0 Å². The van der Waals surface area contributed by atoms with E-state index in [1.165, 1.54) is 18.2 Å². The number of nitrogens with zero attached hydrogens (tertiary/aromatic N) is 2. The van der Waals surface area contributed by atoms with Crippen molar-refractivity contribution >= 4 is 35.1 Å². The molecule has 104 valence electrons. The van der Waals surface area contributed by atoms with Crippen molar-refractivity contribution in [2.75, 3.05) is 4.90 Å². The highest BCUT2D eigenvalue weighted by Crippen LogP contribution is 2.30. The van der Waals surface area contributed by atoms with Gasteiger partial charge in [-0.05, 0) is 18.2 Å². The van der Waals surface area contributed by atoms with E-state index in [1.54, 1.807) is 0 Å². The normalized spacial score (nSPS) is 14.5. The van der Waals surface area contributed by atoms with Crippen molar-refractivity contribution in [3.05, 3.63) is 23.8 Å². The quantitative estimate of drug-likeness (QED) is 0.401. The van der Waals surface area contributed by atoms with E-state index in [-0.39, 0.29) is 35.7 Å². The molecule has 0 spiro atoms. The van der Waals surface area contributed by atoms with Crippen LogP contribution < -0.4 is 16.4 Å². The lowest BCUT2D eigenvalue weighted by molar-refractivity contribution is -0.121. The van der Waals surface area contributed by atoms with E-state index in [9.17, 15) is 14.4 Å². The fourth-order valence-corrected chi connectivity index (χ4v) is 1.95. The first kappa shape index (κ1) is 13.5. The van der Waals surface area contributed by atoms with Crippen LogP contribution in [-0.4, -0.2) is 28.8 Å². The molecule has 1 aromatic rings. The van der Waals surface area contributed by atoms with Crippen molar-refractivity contribution in [1.29, 1.82) is 0 Å². The Bertz CT molecular complexity index is 618. The van der Waals surface area contributed by atoms with E-state index >= 15 is 0 Å². The fraction of sp³-hybridized carbons (Fsp3) is 0.167. The first-order chi connectivity index (χ1) is 9.40. The van der Waals surface area contributed by atoms with Crippen LogP contribution in [0.15, 0.2) is 23.2 Å². The summed E-state index contributed by atoms with van der Waals surface area (Å²) in [6.45, 7) is 0. The van der Waals surface area contributed by atoms with Crippen molar-refractivity contribution in [2.24, 2.45) is 16.5 Å². The van der Waals surface area contributed by atoms with E-state index < -0.39 is 17.8 Å². The molecule has 0 unspecified atom stereocenters. The van der Waals surface area contributed by atoms with Crippen LogP contribution >= 0.6 is 0 Å². The third-order valence-corrected chi connectivity index (χ3v) is 2.76. The number of carbonyl (C=O) groups is 3. The number of rotatable bonds is 3. The van der Waals surface area contributed by atoms with Crippen LogP contribution in [0.1, 0.15) is 23.2 Å².